The van der Waals surface area contributed by atoms with E-state index in [-0.39, 0.29) is 5.91 Å². The zero-order valence-electron chi connectivity index (χ0n) is 15.9. The number of aromatic nitrogens is 2. The summed E-state index contributed by atoms with van der Waals surface area (Å²) in [5.41, 5.74) is 1.20. The molecule has 0 atom stereocenters. The summed E-state index contributed by atoms with van der Waals surface area (Å²) in [4.78, 5) is 23.1. The van der Waals surface area contributed by atoms with Crippen LogP contribution >= 0.6 is 0 Å². The van der Waals surface area contributed by atoms with Crippen LogP contribution in [0.3, 0.4) is 0 Å². The number of likely N-dealkylation sites (tertiary alicyclic amines) is 1. The van der Waals surface area contributed by atoms with Gasteiger partial charge >= 0.3 is 0 Å². The lowest BCUT2D eigenvalue weighted by atomic mass is 10.0. The molecule has 3 heterocycles. The highest BCUT2D eigenvalue weighted by Crippen LogP contribution is 2.31. The highest BCUT2D eigenvalue weighted by molar-refractivity contribution is 5.92. The van der Waals surface area contributed by atoms with Gasteiger partial charge in [0, 0.05) is 31.6 Å². The van der Waals surface area contributed by atoms with E-state index >= 15 is 0 Å². The third-order valence-electron chi connectivity index (χ3n) is 4.93. The van der Waals surface area contributed by atoms with Gasteiger partial charge in [-0.3, -0.25) is 4.79 Å². The van der Waals surface area contributed by atoms with Crippen LogP contribution in [-0.2, 0) is 9.47 Å². The number of amides is 1. The van der Waals surface area contributed by atoms with Crippen LogP contribution in [0.1, 0.15) is 30.3 Å². The van der Waals surface area contributed by atoms with Gasteiger partial charge in [-0.15, -0.1) is 0 Å². The fourth-order valence-electron chi connectivity index (χ4n) is 3.45. The molecular formula is C20H24N4O4. The van der Waals surface area contributed by atoms with E-state index in [4.69, 9.17) is 14.2 Å². The van der Waals surface area contributed by atoms with Crippen molar-refractivity contribution >= 4 is 17.4 Å². The average Bonchev–Trinajstić information content (AvgIpc) is 3.18. The Morgan fingerprint density at radius 3 is 2.46 bits per heavy atom. The lowest BCUT2D eigenvalue weighted by molar-refractivity contribution is -0.181. The topological polar surface area (TPSA) is 85.8 Å². The Bertz CT molecular complexity index is 794. The van der Waals surface area contributed by atoms with Crippen LogP contribution in [0.2, 0.25) is 0 Å². The fraction of sp³-hybridized carbons (Fsp3) is 0.450. The molecule has 2 aromatic rings. The van der Waals surface area contributed by atoms with Gasteiger partial charge in [0.2, 0.25) is 0 Å². The van der Waals surface area contributed by atoms with Crippen LogP contribution in [0.5, 0.6) is 5.75 Å². The van der Waals surface area contributed by atoms with Crippen molar-refractivity contribution in [3.63, 3.8) is 0 Å². The van der Waals surface area contributed by atoms with Crippen molar-refractivity contribution in [1.29, 1.82) is 0 Å². The summed E-state index contributed by atoms with van der Waals surface area (Å²) in [6.45, 7) is 5.01. The van der Waals surface area contributed by atoms with Crippen LogP contribution in [0.4, 0.5) is 11.5 Å². The normalized spacial score (nSPS) is 18.2. The van der Waals surface area contributed by atoms with E-state index in [2.05, 4.69) is 15.3 Å². The van der Waals surface area contributed by atoms with E-state index in [1.807, 2.05) is 31.2 Å². The summed E-state index contributed by atoms with van der Waals surface area (Å²) < 4.78 is 16.8. The summed E-state index contributed by atoms with van der Waals surface area (Å²) in [6, 6.07) is 7.58. The molecule has 2 aliphatic rings. The van der Waals surface area contributed by atoms with Gasteiger partial charge < -0.3 is 24.4 Å². The van der Waals surface area contributed by atoms with Crippen LogP contribution in [0.15, 0.2) is 36.7 Å². The first kappa shape index (κ1) is 18.6. The van der Waals surface area contributed by atoms with Gasteiger partial charge in [-0.25, -0.2) is 9.97 Å². The van der Waals surface area contributed by atoms with Crippen LogP contribution in [0.25, 0.3) is 0 Å². The second-order valence-corrected chi connectivity index (χ2v) is 6.77. The number of carbonyl (C=O) groups excluding carboxylic acids is 1. The molecule has 148 valence electrons. The molecule has 0 unspecified atom stereocenters. The van der Waals surface area contributed by atoms with E-state index in [1.54, 1.807) is 11.1 Å². The molecule has 2 aliphatic heterocycles. The van der Waals surface area contributed by atoms with Crippen LogP contribution in [-0.4, -0.2) is 59.5 Å². The standard InChI is InChI=1S/C20H24N4O4/c1-2-26-16-5-3-15(4-6-16)23-18-14-21-17(13-22-18)19(25)24-9-7-20(8-10-24)27-11-12-28-20/h3-6,13-14H,2,7-12H2,1H3,(H,22,23). The zero-order chi connectivity index (χ0) is 19.4. The van der Waals surface area contributed by atoms with Gasteiger partial charge in [0.25, 0.3) is 5.91 Å². The first-order chi connectivity index (χ1) is 13.7. The highest BCUT2D eigenvalue weighted by Gasteiger charge is 2.41. The van der Waals surface area contributed by atoms with E-state index < -0.39 is 5.79 Å². The third kappa shape index (κ3) is 4.07. The number of piperidine rings is 1. The number of rotatable bonds is 5. The minimum Gasteiger partial charge on any atom is -0.494 e. The molecule has 4 rings (SSSR count). The summed E-state index contributed by atoms with van der Waals surface area (Å²) >= 11 is 0. The Morgan fingerprint density at radius 1 is 1.14 bits per heavy atom. The van der Waals surface area contributed by atoms with Gasteiger partial charge in [-0.1, -0.05) is 0 Å². The maximum Gasteiger partial charge on any atom is 0.274 e. The number of hydrogen-bond acceptors (Lipinski definition) is 7. The third-order valence-corrected chi connectivity index (χ3v) is 4.93. The first-order valence-corrected chi connectivity index (χ1v) is 9.57. The summed E-state index contributed by atoms with van der Waals surface area (Å²) in [5.74, 6) is 0.782. The molecule has 1 aromatic carbocycles. The molecule has 8 heteroatoms. The van der Waals surface area contributed by atoms with Gasteiger partial charge in [0.05, 0.1) is 32.2 Å². The van der Waals surface area contributed by atoms with Gasteiger partial charge in [0.15, 0.2) is 5.79 Å². The Balaban J connectivity index is 1.34. The highest BCUT2D eigenvalue weighted by atomic mass is 16.7. The van der Waals surface area contributed by atoms with Crippen LogP contribution < -0.4 is 10.1 Å². The average molecular weight is 384 g/mol. The van der Waals surface area contributed by atoms with Crippen molar-refractivity contribution in [3.05, 3.63) is 42.4 Å². The second-order valence-electron chi connectivity index (χ2n) is 6.77. The van der Waals surface area contributed by atoms with Crippen molar-refractivity contribution < 1.29 is 19.0 Å². The summed E-state index contributed by atoms with van der Waals surface area (Å²) in [6.07, 6.45) is 4.44. The van der Waals surface area contributed by atoms with E-state index in [0.29, 0.717) is 57.3 Å². The number of anilines is 2. The second kappa shape index (κ2) is 8.12. The molecular weight excluding hydrogens is 360 g/mol. The number of carbonyl (C=O) groups is 1. The minimum absolute atomic E-state index is 0.118. The molecule has 2 saturated heterocycles. The molecule has 28 heavy (non-hydrogen) atoms. The Labute approximate surface area is 163 Å². The number of benzene rings is 1. The lowest BCUT2D eigenvalue weighted by Gasteiger charge is -2.37. The molecule has 2 fully saturated rings. The SMILES string of the molecule is CCOc1ccc(Nc2cnc(C(=O)N3CCC4(CC3)OCCO4)cn2)cc1. The van der Waals surface area contributed by atoms with Gasteiger partial charge in [-0.2, -0.15) is 0 Å². The van der Waals surface area contributed by atoms with E-state index in [9.17, 15) is 4.79 Å². The first-order valence-electron chi connectivity index (χ1n) is 9.57. The van der Waals surface area contributed by atoms with Crippen molar-refractivity contribution in [2.24, 2.45) is 0 Å². The summed E-state index contributed by atoms with van der Waals surface area (Å²) in [7, 11) is 0. The van der Waals surface area contributed by atoms with E-state index in [0.717, 1.165) is 11.4 Å². The molecule has 1 amide bonds. The molecule has 0 aliphatic carbocycles. The maximum absolute atomic E-state index is 12.7. The molecule has 0 radical (unpaired) electrons. The quantitative estimate of drug-likeness (QED) is 0.848. The summed E-state index contributed by atoms with van der Waals surface area (Å²) in [5, 5.41) is 3.16. The minimum atomic E-state index is -0.492. The zero-order valence-corrected chi connectivity index (χ0v) is 15.9. The predicted molar refractivity (Wildman–Crippen MR) is 103 cm³/mol. The molecule has 1 N–H and O–H groups in total. The number of nitrogens with zero attached hydrogens (tertiary/aromatic N) is 3. The number of ether oxygens (including phenoxy) is 3. The van der Waals surface area contributed by atoms with Crippen molar-refractivity contribution in [2.45, 2.75) is 25.6 Å². The smallest absolute Gasteiger partial charge is 0.274 e. The molecule has 0 bridgehead atoms. The van der Waals surface area contributed by atoms with Crippen molar-refractivity contribution in [3.8, 4) is 5.75 Å². The van der Waals surface area contributed by atoms with Crippen LogP contribution in [0, 0.1) is 0 Å². The number of hydrogen-bond donors (Lipinski definition) is 1. The van der Waals surface area contributed by atoms with Gasteiger partial charge in [-0.05, 0) is 31.2 Å². The monoisotopic (exact) mass is 384 g/mol. The number of nitrogens with one attached hydrogen (secondary N) is 1. The van der Waals surface area contributed by atoms with Crippen molar-refractivity contribution in [2.75, 3.05) is 38.2 Å². The Morgan fingerprint density at radius 2 is 1.86 bits per heavy atom. The fourth-order valence-corrected chi connectivity index (χ4v) is 3.45. The van der Waals surface area contributed by atoms with Crippen molar-refractivity contribution in [1.82, 2.24) is 14.9 Å². The Kier molecular flexibility index (Phi) is 5.40. The largest absolute Gasteiger partial charge is 0.494 e. The van der Waals surface area contributed by atoms with Gasteiger partial charge in [0.1, 0.15) is 17.3 Å². The molecule has 0 saturated carbocycles. The Hall–Kier alpha value is -2.71. The molecule has 1 spiro atoms. The molecule has 8 nitrogen and oxygen atoms in total. The molecule has 1 aromatic heterocycles. The maximum atomic E-state index is 12.7. The predicted octanol–water partition coefficient (Wildman–Crippen LogP) is 2.60. The lowest BCUT2D eigenvalue weighted by Crippen LogP contribution is -2.47. The van der Waals surface area contributed by atoms with E-state index in [1.165, 1.54) is 6.20 Å².